The first-order chi connectivity index (χ1) is 11.5. The molecular weight excluding hydrogens is 304 g/mol. The van der Waals surface area contributed by atoms with Crippen LogP contribution in [0.4, 0.5) is 0 Å². The number of rotatable bonds is 4. The summed E-state index contributed by atoms with van der Waals surface area (Å²) in [6.45, 7) is 8.61. The summed E-state index contributed by atoms with van der Waals surface area (Å²) in [5.41, 5.74) is 1.15. The van der Waals surface area contributed by atoms with Crippen LogP contribution in [0.3, 0.4) is 0 Å². The highest BCUT2D eigenvalue weighted by Gasteiger charge is 2.48. The number of ether oxygens (including phenoxy) is 2. The number of hydrogen-bond donors (Lipinski definition) is 0. The number of amides is 1. The van der Waals surface area contributed by atoms with Gasteiger partial charge in [-0.1, -0.05) is 12.5 Å². The molecule has 1 spiro atoms. The fourth-order valence-corrected chi connectivity index (χ4v) is 3.86. The molecule has 2 aliphatic rings. The predicted octanol–water partition coefficient (Wildman–Crippen LogP) is 2.83. The van der Waals surface area contributed by atoms with Gasteiger partial charge >= 0.3 is 0 Å². The number of carbonyl (C=O) groups excluding carboxylic acids is 1. The first-order valence-corrected chi connectivity index (χ1v) is 8.99. The van der Waals surface area contributed by atoms with Crippen molar-refractivity contribution in [3.05, 3.63) is 29.6 Å². The molecule has 5 heteroatoms. The molecule has 5 nitrogen and oxygen atoms in total. The van der Waals surface area contributed by atoms with Crippen molar-refractivity contribution >= 4 is 5.91 Å². The van der Waals surface area contributed by atoms with Crippen LogP contribution >= 0.6 is 0 Å². The molecule has 1 amide bonds. The van der Waals surface area contributed by atoms with Crippen molar-refractivity contribution in [3.8, 4) is 0 Å². The summed E-state index contributed by atoms with van der Waals surface area (Å²) in [4.78, 5) is 19.1. The van der Waals surface area contributed by atoms with Gasteiger partial charge in [-0.2, -0.15) is 0 Å². The Morgan fingerprint density at radius 2 is 2.33 bits per heavy atom. The quantitative estimate of drug-likeness (QED) is 0.851. The van der Waals surface area contributed by atoms with Gasteiger partial charge in [0, 0.05) is 18.2 Å². The van der Waals surface area contributed by atoms with Gasteiger partial charge in [0.05, 0.1) is 31.5 Å². The molecule has 1 aromatic rings. The normalized spacial score (nSPS) is 27.2. The van der Waals surface area contributed by atoms with Crippen LogP contribution in [0.25, 0.3) is 0 Å². The van der Waals surface area contributed by atoms with Crippen LogP contribution < -0.4 is 0 Å². The molecule has 1 saturated carbocycles. The standard InChI is InChI=1S/C19H28N2O3/c1-14(2)23-12-16-7-5-9-19(16)13-21(10-11-24-19)18(22)17-8-4-6-15(3)20-17/h4,6,8,14,16H,5,7,9-13H2,1-3H3/t16-,19+/m0/s1. The zero-order valence-corrected chi connectivity index (χ0v) is 15.0. The molecule has 2 atom stereocenters. The topological polar surface area (TPSA) is 51.7 Å². The van der Waals surface area contributed by atoms with Crippen molar-refractivity contribution in [3.63, 3.8) is 0 Å². The Balaban J connectivity index is 1.72. The minimum atomic E-state index is -0.243. The van der Waals surface area contributed by atoms with Crippen LogP contribution in [0.2, 0.25) is 0 Å². The van der Waals surface area contributed by atoms with Crippen LogP contribution in [0.1, 0.15) is 49.3 Å². The largest absolute Gasteiger partial charge is 0.378 e. The molecule has 0 bridgehead atoms. The molecule has 0 aromatic carbocycles. The second-order valence-electron chi connectivity index (χ2n) is 7.28. The second-order valence-corrected chi connectivity index (χ2v) is 7.28. The SMILES string of the molecule is Cc1cccc(C(=O)N2CCO[C@]3(CCC[C@H]3COC(C)C)C2)n1. The van der Waals surface area contributed by atoms with E-state index in [1.54, 1.807) is 6.07 Å². The van der Waals surface area contributed by atoms with Crippen molar-refractivity contribution in [2.24, 2.45) is 5.92 Å². The summed E-state index contributed by atoms with van der Waals surface area (Å²) in [7, 11) is 0. The van der Waals surface area contributed by atoms with E-state index in [9.17, 15) is 4.79 Å². The van der Waals surface area contributed by atoms with Gasteiger partial charge in [-0.15, -0.1) is 0 Å². The molecule has 1 aromatic heterocycles. The van der Waals surface area contributed by atoms with Crippen LogP contribution in [-0.2, 0) is 9.47 Å². The van der Waals surface area contributed by atoms with Gasteiger partial charge < -0.3 is 14.4 Å². The monoisotopic (exact) mass is 332 g/mol. The third-order valence-electron chi connectivity index (χ3n) is 5.13. The Labute approximate surface area is 144 Å². The molecule has 1 aliphatic carbocycles. The minimum Gasteiger partial charge on any atom is -0.378 e. The fourth-order valence-electron chi connectivity index (χ4n) is 3.86. The highest BCUT2D eigenvalue weighted by atomic mass is 16.5. The molecule has 0 unspecified atom stereocenters. The Morgan fingerprint density at radius 1 is 1.50 bits per heavy atom. The molecule has 132 valence electrons. The third kappa shape index (κ3) is 3.62. The van der Waals surface area contributed by atoms with E-state index in [2.05, 4.69) is 18.8 Å². The van der Waals surface area contributed by atoms with Gasteiger partial charge in [-0.05, 0) is 45.7 Å². The lowest BCUT2D eigenvalue weighted by Gasteiger charge is -2.44. The Morgan fingerprint density at radius 3 is 3.08 bits per heavy atom. The summed E-state index contributed by atoms with van der Waals surface area (Å²) >= 11 is 0. The molecular formula is C19H28N2O3. The summed E-state index contributed by atoms with van der Waals surface area (Å²) in [6, 6.07) is 5.60. The van der Waals surface area contributed by atoms with Crippen molar-refractivity contribution in [2.75, 3.05) is 26.3 Å². The number of aryl methyl sites for hydroxylation is 1. The average Bonchev–Trinajstić information content (AvgIpc) is 2.94. The van der Waals surface area contributed by atoms with E-state index in [0.717, 1.165) is 25.0 Å². The molecule has 0 N–H and O–H groups in total. The molecule has 1 saturated heterocycles. The zero-order chi connectivity index (χ0) is 17.2. The number of hydrogen-bond acceptors (Lipinski definition) is 4. The highest BCUT2D eigenvalue weighted by molar-refractivity contribution is 5.92. The van der Waals surface area contributed by atoms with Gasteiger partial charge in [0.15, 0.2) is 0 Å². The summed E-state index contributed by atoms with van der Waals surface area (Å²) in [5.74, 6) is 0.373. The number of nitrogens with zero attached hydrogens (tertiary/aromatic N) is 2. The maximum Gasteiger partial charge on any atom is 0.272 e. The van der Waals surface area contributed by atoms with E-state index in [1.807, 2.05) is 24.0 Å². The molecule has 24 heavy (non-hydrogen) atoms. The van der Waals surface area contributed by atoms with Gasteiger partial charge in [-0.25, -0.2) is 4.98 Å². The number of aromatic nitrogens is 1. The number of morpholine rings is 1. The highest BCUT2D eigenvalue weighted by Crippen LogP contribution is 2.41. The predicted molar refractivity (Wildman–Crippen MR) is 92.0 cm³/mol. The smallest absolute Gasteiger partial charge is 0.272 e. The van der Waals surface area contributed by atoms with E-state index >= 15 is 0 Å². The fraction of sp³-hybridized carbons (Fsp3) is 0.684. The van der Waals surface area contributed by atoms with Gasteiger partial charge in [-0.3, -0.25) is 4.79 Å². The first kappa shape index (κ1) is 17.4. The van der Waals surface area contributed by atoms with Crippen molar-refractivity contribution in [1.82, 2.24) is 9.88 Å². The summed E-state index contributed by atoms with van der Waals surface area (Å²) < 4.78 is 12.1. The molecule has 1 aliphatic heterocycles. The average molecular weight is 332 g/mol. The van der Waals surface area contributed by atoms with Gasteiger partial charge in [0.25, 0.3) is 5.91 Å². The van der Waals surface area contributed by atoms with Gasteiger partial charge in [0.1, 0.15) is 5.69 Å². The zero-order valence-electron chi connectivity index (χ0n) is 15.0. The van der Waals surface area contributed by atoms with E-state index in [0.29, 0.717) is 37.9 Å². The van der Waals surface area contributed by atoms with Crippen LogP contribution in [0.5, 0.6) is 0 Å². The Kier molecular flexibility index (Phi) is 5.21. The van der Waals surface area contributed by atoms with Crippen molar-refractivity contribution in [2.45, 2.75) is 51.7 Å². The van der Waals surface area contributed by atoms with Crippen LogP contribution in [0, 0.1) is 12.8 Å². The summed E-state index contributed by atoms with van der Waals surface area (Å²) in [6.07, 6.45) is 3.47. The van der Waals surface area contributed by atoms with Crippen molar-refractivity contribution < 1.29 is 14.3 Å². The lowest BCUT2D eigenvalue weighted by molar-refractivity contribution is -0.136. The lowest BCUT2D eigenvalue weighted by Crippen LogP contribution is -2.56. The van der Waals surface area contributed by atoms with E-state index < -0.39 is 0 Å². The lowest BCUT2D eigenvalue weighted by atomic mass is 9.89. The molecule has 0 radical (unpaired) electrons. The van der Waals surface area contributed by atoms with E-state index in [-0.39, 0.29) is 17.6 Å². The Hall–Kier alpha value is -1.46. The molecule has 2 fully saturated rings. The molecule has 2 heterocycles. The van der Waals surface area contributed by atoms with E-state index in [1.165, 1.54) is 0 Å². The number of pyridine rings is 1. The summed E-state index contributed by atoms with van der Waals surface area (Å²) in [5, 5.41) is 0. The maximum atomic E-state index is 12.8. The minimum absolute atomic E-state index is 0.0109. The van der Waals surface area contributed by atoms with Crippen LogP contribution in [-0.4, -0.2) is 53.8 Å². The Bertz CT molecular complexity index is 590. The second kappa shape index (κ2) is 7.19. The van der Waals surface area contributed by atoms with Crippen LogP contribution in [0.15, 0.2) is 18.2 Å². The maximum absolute atomic E-state index is 12.8. The van der Waals surface area contributed by atoms with Crippen molar-refractivity contribution in [1.29, 1.82) is 0 Å². The number of carbonyl (C=O) groups is 1. The van der Waals surface area contributed by atoms with E-state index in [4.69, 9.17) is 9.47 Å². The third-order valence-corrected chi connectivity index (χ3v) is 5.13. The van der Waals surface area contributed by atoms with Gasteiger partial charge in [0.2, 0.25) is 0 Å². The first-order valence-electron chi connectivity index (χ1n) is 8.99. The molecule has 3 rings (SSSR count).